The number of oxime groups is 1. The minimum absolute atomic E-state index is 0. The molecule has 1 atom stereocenters. The summed E-state index contributed by atoms with van der Waals surface area (Å²) in [6, 6.07) is 0. The summed E-state index contributed by atoms with van der Waals surface area (Å²) in [4.78, 5) is 33.9. The van der Waals surface area contributed by atoms with E-state index in [2.05, 4.69) is 15.0 Å². The number of carbonyl (C=O) groups excluding carboxylic acids is 2. The van der Waals surface area contributed by atoms with Crippen molar-refractivity contribution in [3.63, 3.8) is 0 Å². The molecule has 2 aliphatic rings. The molecule has 2 rings (SSSR count). The van der Waals surface area contributed by atoms with E-state index in [9.17, 15) is 30.6 Å². The topological polar surface area (TPSA) is 89.9 Å². The van der Waals surface area contributed by atoms with E-state index in [0.717, 1.165) is 25.9 Å². The molecule has 0 amide bonds. The van der Waals surface area contributed by atoms with Crippen molar-refractivity contribution < 1.29 is 54.3 Å². The molecule has 2 aliphatic heterocycles. The molecule has 2 saturated heterocycles. The largest absolute Gasteiger partial charge is 1.00 e. The maximum Gasteiger partial charge on any atom is -1.00 e. The first-order valence-corrected chi connectivity index (χ1v) is 11.3. The van der Waals surface area contributed by atoms with Crippen LogP contribution in [0.5, 0.6) is 0 Å². The Balaban J connectivity index is 0.00000121. The Bertz CT molecular complexity index is 588. The third-order valence-electron chi connectivity index (χ3n) is 3.99. The van der Waals surface area contributed by atoms with Gasteiger partial charge in [0.25, 0.3) is 5.71 Å². The zero-order chi connectivity index (χ0) is 23.5. The second-order valence-electron chi connectivity index (χ2n) is 6.34. The molecule has 2 fully saturated rings. The Hall–Kier alpha value is -1.70. The minimum Gasteiger partial charge on any atom is -1.00 e. The zero-order valence-electron chi connectivity index (χ0n) is 17.7. The summed E-state index contributed by atoms with van der Waals surface area (Å²) in [5.74, 6) is -1.69. The van der Waals surface area contributed by atoms with Gasteiger partial charge in [-0.3, -0.25) is 4.90 Å². The van der Waals surface area contributed by atoms with Crippen LogP contribution in [0.1, 0.15) is 26.7 Å². The van der Waals surface area contributed by atoms with Gasteiger partial charge in [0.05, 0.1) is 26.4 Å². The Morgan fingerprint density at radius 1 is 0.906 bits per heavy atom. The van der Waals surface area contributed by atoms with Gasteiger partial charge < -0.3 is 23.8 Å². The fourth-order valence-electron chi connectivity index (χ4n) is 2.78. The standard InChI is InChI=1S/C16H27N3O6.F5P.FH/c1-3-23-14(20)13(15(21)24-4-2)17-25-16(18-7-5-6-8-18)19-9-11-22-12-10-19;1-6(2,3,4)5;/h16H,3-12H2,1-2H3;;1H/p-1. The maximum absolute atomic E-state index is 12.0. The minimum atomic E-state index is -8.55. The van der Waals surface area contributed by atoms with Crippen LogP contribution in [-0.2, 0) is 28.6 Å². The number of likely N-dealkylation sites (tertiary alicyclic amines) is 1. The summed E-state index contributed by atoms with van der Waals surface area (Å²) in [6.07, 6.45) is 1.72. The van der Waals surface area contributed by atoms with Crippen molar-refractivity contribution in [2.75, 3.05) is 52.6 Å². The molecule has 0 aliphatic carbocycles. The van der Waals surface area contributed by atoms with Gasteiger partial charge in [-0.2, -0.15) is 0 Å². The van der Waals surface area contributed by atoms with Gasteiger partial charge in [0.15, 0.2) is 0 Å². The van der Waals surface area contributed by atoms with Gasteiger partial charge >= 0.3 is 41.1 Å². The first kappa shape index (κ1) is 30.3. The SMILES string of the molecule is CCOC(=O)C(=NOC(N1CCCC1)N1CCOCC1)C(=O)OCC.FP(F)(F)(F)F.[F-]. The molecular weight excluding hydrogens is 475 g/mol. The van der Waals surface area contributed by atoms with Crippen molar-refractivity contribution >= 4 is 25.8 Å². The van der Waals surface area contributed by atoms with Gasteiger partial charge in [-0.1, -0.05) is 5.16 Å². The van der Waals surface area contributed by atoms with Crippen LogP contribution in [0.25, 0.3) is 0 Å². The number of ether oxygens (including phenoxy) is 3. The smallest absolute Gasteiger partial charge is 1.00 e. The number of morpholine rings is 1. The van der Waals surface area contributed by atoms with Crippen molar-refractivity contribution in [1.82, 2.24) is 9.80 Å². The Labute approximate surface area is 181 Å². The van der Waals surface area contributed by atoms with Crippen molar-refractivity contribution in [2.45, 2.75) is 33.0 Å². The average molecular weight is 502 g/mol. The third-order valence-corrected chi connectivity index (χ3v) is 3.99. The van der Waals surface area contributed by atoms with Crippen molar-refractivity contribution in [3.05, 3.63) is 0 Å². The van der Waals surface area contributed by atoms with E-state index in [4.69, 9.17) is 19.0 Å². The van der Waals surface area contributed by atoms with Crippen LogP contribution in [-0.4, -0.2) is 86.4 Å². The Morgan fingerprint density at radius 3 is 1.72 bits per heavy atom. The van der Waals surface area contributed by atoms with Crippen LogP contribution in [0.4, 0.5) is 21.0 Å². The summed E-state index contributed by atoms with van der Waals surface area (Å²) in [7, 11) is -8.55. The quantitative estimate of drug-likeness (QED) is 0.116. The number of rotatable bonds is 8. The summed E-state index contributed by atoms with van der Waals surface area (Å²) in [5.41, 5.74) is -0.471. The van der Waals surface area contributed by atoms with Crippen molar-refractivity contribution in [1.29, 1.82) is 0 Å². The first-order chi connectivity index (χ1) is 14.4. The molecule has 0 bridgehead atoms. The molecule has 9 nitrogen and oxygen atoms in total. The molecule has 16 heteroatoms. The van der Waals surface area contributed by atoms with Gasteiger partial charge in [0.2, 0.25) is 6.35 Å². The molecule has 0 N–H and O–H groups in total. The molecule has 0 aromatic carbocycles. The van der Waals surface area contributed by atoms with Gasteiger partial charge in [-0.05, 0) is 26.7 Å². The van der Waals surface area contributed by atoms with E-state index in [1.54, 1.807) is 13.8 Å². The van der Waals surface area contributed by atoms with Crippen molar-refractivity contribution in [2.24, 2.45) is 5.16 Å². The monoisotopic (exact) mass is 502 g/mol. The van der Waals surface area contributed by atoms with Gasteiger partial charge in [-0.15, -0.1) is 0 Å². The number of halogens is 6. The number of carbonyl (C=O) groups is 2. The normalized spacial score (nSPS) is 19.2. The fourth-order valence-corrected chi connectivity index (χ4v) is 2.78. The van der Waals surface area contributed by atoms with Crippen LogP contribution >= 0.6 is 8.16 Å². The van der Waals surface area contributed by atoms with Crippen LogP contribution < -0.4 is 4.70 Å². The predicted molar refractivity (Wildman–Crippen MR) is 101 cm³/mol. The maximum atomic E-state index is 12.0. The molecular formula is C16H27F6N3O6P-. The summed E-state index contributed by atoms with van der Waals surface area (Å²) < 4.78 is 64.3. The third kappa shape index (κ3) is 13.0. The second kappa shape index (κ2) is 13.8. The Kier molecular flexibility index (Phi) is 13.0. The number of hydrogen-bond donors (Lipinski definition) is 0. The summed E-state index contributed by atoms with van der Waals surface area (Å²) in [6.45, 7) is 7.96. The molecule has 0 spiro atoms. The van der Waals surface area contributed by atoms with Crippen LogP contribution in [0.15, 0.2) is 5.16 Å². The zero-order valence-corrected chi connectivity index (χ0v) is 18.5. The van der Waals surface area contributed by atoms with E-state index >= 15 is 0 Å². The summed E-state index contributed by atoms with van der Waals surface area (Å²) >= 11 is 0. The number of nitrogens with zero attached hydrogens (tertiary/aromatic N) is 3. The number of esters is 2. The molecule has 190 valence electrons. The predicted octanol–water partition coefficient (Wildman–Crippen LogP) is 0.163. The van der Waals surface area contributed by atoms with E-state index in [-0.39, 0.29) is 17.9 Å². The van der Waals surface area contributed by atoms with Crippen LogP contribution in [0, 0.1) is 0 Å². The van der Waals surface area contributed by atoms with Crippen LogP contribution in [0.3, 0.4) is 0 Å². The molecule has 0 radical (unpaired) electrons. The average Bonchev–Trinajstić information content (AvgIpc) is 3.18. The van der Waals surface area contributed by atoms with E-state index in [1.165, 1.54) is 0 Å². The molecule has 1 unspecified atom stereocenters. The molecule has 0 saturated carbocycles. The second-order valence-corrected chi connectivity index (χ2v) is 7.62. The van der Waals surface area contributed by atoms with E-state index < -0.39 is 32.2 Å². The molecule has 0 aromatic heterocycles. The van der Waals surface area contributed by atoms with Gasteiger partial charge in [0, 0.05) is 26.2 Å². The van der Waals surface area contributed by atoms with Crippen LogP contribution in [0.2, 0.25) is 0 Å². The molecule has 2 heterocycles. The van der Waals surface area contributed by atoms with Gasteiger partial charge in [0.1, 0.15) is 0 Å². The number of hydrogen-bond acceptors (Lipinski definition) is 9. The fraction of sp³-hybridized carbons (Fsp3) is 0.812. The summed E-state index contributed by atoms with van der Waals surface area (Å²) in [5, 5.41) is 3.82. The molecule has 0 aromatic rings. The Morgan fingerprint density at radius 2 is 1.31 bits per heavy atom. The van der Waals surface area contributed by atoms with Gasteiger partial charge in [-0.25, -0.2) is 14.5 Å². The van der Waals surface area contributed by atoms with E-state index in [1.807, 2.05) is 0 Å². The molecule has 32 heavy (non-hydrogen) atoms. The van der Waals surface area contributed by atoms with Crippen molar-refractivity contribution in [3.8, 4) is 0 Å². The first-order valence-electron chi connectivity index (χ1n) is 9.65. The van der Waals surface area contributed by atoms with E-state index in [0.29, 0.717) is 26.3 Å².